The summed E-state index contributed by atoms with van der Waals surface area (Å²) in [5.74, 6) is 0.787. The van der Waals surface area contributed by atoms with Crippen LogP contribution in [0.1, 0.15) is 24.3 Å². The zero-order valence-electron chi connectivity index (χ0n) is 10.9. The summed E-state index contributed by atoms with van der Waals surface area (Å²) >= 11 is 3.55. The Bertz CT molecular complexity index is 467. The molecule has 0 bridgehead atoms. The molecule has 4 heteroatoms. The van der Waals surface area contributed by atoms with Crippen LogP contribution in [0.2, 0.25) is 0 Å². The summed E-state index contributed by atoms with van der Waals surface area (Å²) in [7, 11) is 0. The molecular formula is C15H18FNS2. The smallest absolute Gasteiger partial charge is 0.123 e. The van der Waals surface area contributed by atoms with E-state index in [1.165, 1.54) is 17.0 Å². The highest BCUT2D eigenvalue weighted by molar-refractivity contribution is 7.99. The van der Waals surface area contributed by atoms with Gasteiger partial charge >= 0.3 is 0 Å². The van der Waals surface area contributed by atoms with Gasteiger partial charge in [0.05, 0.1) is 6.04 Å². The van der Waals surface area contributed by atoms with Gasteiger partial charge < -0.3 is 5.32 Å². The van der Waals surface area contributed by atoms with Gasteiger partial charge in [-0.1, -0.05) is 13.0 Å². The van der Waals surface area contributed by atoms with Crippen LogP contribution in [-0.2, 0) is 0 Å². The van der Waals surface area contributed by atoms with Gasteiger partial charge in [0.1, 0.15) is 5.82 Å². The molecule has 0 aliphatic carbocycles. The van der Waals surface area contributed by atoms with Crippen molar-refractivity contribution in [1.29, 1.82) is 0 Å². The van der Waals surface area contributed by atoms with Gasteiger partial charge in [-0.3, -0.25) is 0 Å². The minimum atomic E-state index is -0.178. The van der Waals surface area contributed by atoms with Crippen LogP contribution in [0.15, 0.2) is 46.7 Å². The molecule has 0 aliphatic heterocycles. The van der Waals surface area contributed by atoms with Crippen molar-refractivity contribution in [2.24, 2.45) is 0 Å². The normalized spacial score (nSPS) is 12.5. The second kappa shape index (κ2) is 7.68. The molecule has 1 aromatic carbocycles. The zero-order chi connectivity index (χ0) is 13.5. The minimum Gasteiger partial charge on any atom is -0.309 e. The van der Waals surface area contributed by atoms with Crippen LogP contribution in [0, 0.1) is 5.82 Å². The third-order valence-corrected chi connectivity index (χ3v) is 4.85. The van der Waals surface area contributed by atoms with Crippen LogP contribution in [0.3, 0.4) is 0 Å². The Morgan fingerprint density at radius 1 is 1.26 bits per heavy atom. The second-order valence-electron chi connectivity index (χ2n) is 4.29. The summed E-state index contributed by atoms with van der Waals surface area (Å²) in [6.45, 7) is 3.19. The molecule has 102 valence electrons. The third kappa shape index (κ3) is 4.64. The lowest BCUT2D eigenvalue weighted by molar-refractivity contribution is 0.585. The Kier molecular flexibility index (Phi) is 5.89. The van der Waals surface area contributed by atoms with Crippen LogP contribution >= 0.6 is 23.1 Å². The fourth-order valence-corrected chi connectivity index (χ4v) is 3.65. The van der Waals surface area contributed by atoms with E-state index in [0.717, 1.165) is 23.6 Å². The first-order valence-electron chi connectivity index (χ1n) is 6.44. The molecule has 1 unspecified atom stereocenters. The van der Waals surface area contributed by atoms with Gasteiger partial charge in [0.2, 0.25) is 0 Å². The van der Waals surface area contributed by atoms with Crippen molar-refractivity contribution in [3.8, 4) is 0 Å². The molecule has 0 fully saturated rings. The zero-order valence-corrected chi connectivity index (χ0v) is 12.6. The van der Waals surface area contributed by atoms with E-state index in [0.29, 0.717) is 6.04 Å². The summed E-state index contributed by atoms with van der Waals surface area (Å²) < 4.78 is 12.9. The molecule has 0 amide bonds. The van der Waals surface area contributed by atoms with Crippen molar-refractivity contribution in [3.05, 3.63) is 52.5 Å². The molecule has 0 radical (unpaired) electrons. The van der Waals surface area contributed by atoms with Crippen LogP contribution in [-0.4, -0.2) is 12.3 Å². The second-order valence-corrected chi connectivity index (χ2v) is 6.36. The Morgan fingerprint density at radius 3 is 2.68 bits per heavy atom. The monoisotopic (exact) mass is 295 g/mol. The lowest BCUT2D eigenvalue weighted by atomic mass is 10.2. The quantitative estimate of drug-likeness (QED) is 0.742. The Morgan fingerprint density at radius 2 is 2.05 bits per heavy atom. The number of hydrogen-bond acceptors (Lipinski definition) is 3. The van der Waals surface area contributed by atoms with Crippen LogP contribution in [0.4, 0.5) is 4.39 Å². The molecule has 1 atom stereocenters. The van der Waals surface area contributed by atoms with E-state index in [2.05, 4.69) is 29.8 Å². The number of benzene rings is 1. The first-order valence-corrected chi connectivity index (χ1v) is 8.31. The van der Waals surface area contributed by atoms with Gasteiger partial charge in [-0.15, -0.1) is 23.1 Å². The van der Waals surface area contributed by atoms with Crippen molar-refractivity contribution in [2.45, 2.75) is 24.3 Å². The number of rotatable bonds is 7. The molecule has 0 saturated carbocycles. The fraction of sp³-hybridized carbons (Fsp3) is 0.333. The number of halogens is 1. The topological polar surface area (TPSA) is 12.0 Å². The van der Waals surface area contributed by atoms with Crippen LogP contribution in [0.25, 0.3) is 0 Å². The fourth-order valence-electron chi connectivity index (χ4n) is 1.76. The first kappa shape index (κ1) is 14.6. The predicted molar refractivity (Wildman–Crippen MR) is 82.5 cm³/mol. The number of thioether (sulfide) groups is 1. The van der Waals surface area contributed by atoms with Gasteiger partial charge in [0.15, 0.2) is 0 Å². The van der Waals surface area contributed by atoms with Gasteiger partial charge in [-0.25, -0.2) is 4.39 Å². The van der Waals surface area contributed by atoms with Gasteiger partial charge in [-0.05, 0) is 48.7 Å². The highest BCUT2D eigenvalue weighted by Gasteiger charge is 2.12. The average molecular weight is 295 g/mol. The molecule has 1 aromatic heterocycles. The van der Waals surface area contributed by atoms with E-state index in [1.54, 1.807) is 23.1 Å². The summed E-state index contributed by atoms with van der Waals surface area (Å²) in [6.07, 6.45) is 1.13. The Hall–Kier alpha value is -0.840. The van der Waals surface area contributed by atoms with E-state index < -0.39 is 0 Å². The SMILES string of the molecule is CCCNC(CSc1ccc(F)cc1)c1cccs1. The van der Waals surface area contributed by atoms with E-state index >= 15 is 0 Å². The molecule has 2 rings (SSSR count). The third-order valence-electron chi connectivity index (χ3n) is 2.76. The van der Waals surface area contributed by atoms with Crippen LogP contribution < -0.4 is 5.32 Å². The largest absolute Gasteiger partial charge is 0.309 e. The maximum atomic E-state index is 12.9. The molecule has 0 spiro atoms. The summed E-state index contributed by atoms with van der Waals surface area (Å²) in [4.78, 5) is 2.48. The Labute approximate surface area is 122 Å². The van der Waals surface area contributed by atoms with Crippen LogP contribution in [0.5, 0.6) is 0 Å². The molecule has 1 heterocycles. The summed E-state index contributed by atoms with van der Waals surface area (Å²) in [5.41, 5.74) is 0. The lowest BCUT2D eigenvalue weighted by Gasteiger charge is -2.16. The minimum absolute atomic E-state index is 0.178. The molecular weight excluding hydrogens is 277 g/mol. The first-order chi connectivity index (χ1) is 9.29. The van der Waals surface area contributed by atoms with Crippen molar-refractivity contribution in [2.75, 3.05) is 12.3 Å². The highest BCUT2D eigenvalue weighted by Crippen LogP contribution is 2.27. The average Bonchev–Trinajstić information content (AvgIpc) is 2.95. The van der Waals surface area contributed by atoms with Crippen molar-refractivity contribution < 1.29 is 4.39 Å². The summed E-state index contributed by atoms with van der Waals surface area (Å²) in [5, 5.41) is 5.68. The van der Waals surface area contributed by atoms with Crippen molar-refractivity contribution in [3.63, 3.8) is 0 Å². The summed E-state index contributed by atoms with van der Waals surface area (Å²) in [6, 6.07) is 11.3. The standard InChI is InChI=1S/C15H18FNS2/c1-2-9-17-14(15-4-3-10-18-15)11-19-13-7-5-12(16)6-8-13/h3-8,10,14,17H,2,9,11H2,1H3. The van der Waals surface area contributed by atoms with Gasteiger partial charge in [-0.2, -0.15) is 0 Å². The van der Waals surface area contributed by atoms with E-state index in [-0.39, 0.29) is 5.82 Å². The van der Waals surface area contributed by atoms with E-state index in [1.807, 2.05) is 12.1 Å². The number of nitrogens with one attached hydrogen (secondary N) is 1. The number of thiophene rings is 1. The molecule has 0 aliphatic rings. The van der Waals surface area contributed by atoms with Gasteiger partial charge in [0, 0.05) is 15.5 Å². The Balaban J connectivity index is 1.94. The predicted octanol–water partition coefficient (Wildman–Crippen LogP) is 4.72. The molecule has 2 aromatic rings. The molecule has 0 saturated heterocycles. The van der Waals surface area contributed by atoms with Crippen molar-refractivity contribution in [1.82, 2.24) is 5.32 Å². The van der Waals surface area contributed by atoms with Gasteiger partial charge in [0.25, 0.3) is 0 Å². The maximum Gasteiger partial charge on any atom is 0.123 e. The maximum absolute atomic E-state index is 12.9. The van der Waals surface area contributed by atoms with E-state index in [4.69, 9.17) is 0 Å². The lowest BCUT2D eigenvalue weighted by Crippen LogP contribution is -2.23. The molecule has 1 N–H and O–H groups in total. The molecule has 1 nitrogen and oxygen atoms in total. The number of hydrogen-bond donors (Lipinski definition) is 1. The molecule has 19 heavy (non-hydrogen) atoms. The van der Waals surface area contributed by atoms with E-state index in [9.17, 15) is 4.39 Å². The highest BCUT2D eigenvalue weighted by atomic mass is 32.2. The van der Waals surface area contributed by atoms with Crippen molar-refractivity contribution >= 4 is 23.1 Å².